The van der Waals surface area contributed by atoms with Gasteiger partial charge >= 0.3 is 0 Å². The minimum atomic E-state index is -4.45. The second-order valence-electron chi connectivity index (χ2n) is 6.94. The quantitative estimate of drug-likeness (QED) is 0.239. The lowest BCUT2D eigenvalue weighted by molar-refractivity contribution is 0.484. The Morgan fingerprint density at radius 1 is 0.800 bits per heavy atom. The summed E-state index contributed by atoms with van der Waals surface area (Å²) in [6.45, 7) is 2.04. The van der Waals surface area contributed by atoms with Crippen molar-refractivity contribution in [3.05, 3.63) is 84.4 Å². The highest BCUT2D eigenvalue weighted by Gasteiger charge is 2.18. The van der Waals surface area contributed by atoms with Crippen LogP contribution in [0.2, 0.25) is 0 Å². The summed E-state index contributed by atoms with van der Waals surface area (Å²) < 4.78 is 33.2. The fourth-order valence-corrected chi connectivity index (χ4v) is 3.94. The van der Waals surface area contributed by atoms with Gasteiger partial charge in [-0.2, -0.15) is 13.5 Å². The van der Waals surface area contributed by atoms with Crippen LogP contribution in [0, 0.1) is 6.92 Å². The Morgan fingerprint density at radius 3 is 1.97 bits per heavy atom. The summed E-state index contributed by atoms with van der Waals surface area (Å²) in [6.07, 6.45) is 0. The van der Waals surface area contributed by atoms with E-state index in [0.717, 1.165) is 11.1 Å². The fraction of sp³-hybridized carbons (Fsp3) is 0.0435. The Labute approximate surface area is 174 Å². The van der Waals surface area contributed by atoms with Gasteiger partial charge in [0.1, 0.15) is 10.6 Å². The molecule has 0 bridgehead atoms. The van der Waals surface area contributed by atoms with Crippen molar-refractivity contribution in [2.24, 2.45) is 10.2 Å². The third-order valence-electron chi connectivity index (χ3n) is 4.83. The van der Waals surface area contributed by atoms with Crippen molar-refractivity contribution >= 4 is 38.0 Å². The molecule has 30 heavy (non-hydrogen) atoms. The molecule has 4 aromatic carbocycles. The van der Waals surface area contributed by atoms with E-state index in [1.165, 1.54) is 11.6 Å². The van der Waals surface area contributed by atoms with Crippen LogP contribution in [0.15, 0.2) is 94.0 Å². The molecule has 0 saturated heterocycles. The topological polar surface area (TPSA) is 105 Å². The molecule has 7 heteroatoms. The van der Waals surface area contributed by atoms with E-state index in [-0.39, 0.29) is 16.3 Å². The smallest absolute Gasteiger partial charge is 0.295 e. The third-order valence-corrected chi connectivity index (χ3v) is 5.72. The molecule has 0 aliphatic rings. The van der Waals surface area contributed by atoms with Crippen LogP contribution in [0.25, 0.3) is 21.9 Å². The molecule has 4 rings (SSSR count). The van der Waals surface area contributed by atoms with Crippen LogP contribution in [-0.4, -0.2) is 13.0 Å². The third kappa shape index (κ3) is 3.94. The van der Waals surface area contributed by atoms with Crippen LogP contribution >= 0.6 is 0 Å². The lowest BCUT2D eigenvalue weighted by Crippen LogP contribution is -2.01. The zero-order valence-corrected chi connectivity index (χ0v) is 17.0. The molecule has 150 valence electrons. The molecule has 3 N–H and O–H groups in total. The Balaban J connectivity index is 1.70. The maximum atomic E-state index is 11.8. The summed E-state index contributed by atoms with van der Waals surface area (Å²) in [5, 5.41) is 9.14. The van der Waals surface area contributed by atoms with Crippen molar-refractivity contribution in [2.45, 2.75) is 11.8 Å². The minimum Gasteiger partial charge on any atom is -0.396 e. The number of rotatable bonds is 4. The molecule has 0 heterocycles. The van der Waals surface area contributed by atoms with E-state index >= 15 is 0 Å². The highest BCUT2D eigenvalue weighted by atomic mass is 32.2. The van der Waals surface area contributed by atoms with Gasteiger partial charge in [0, 0.05) is 10.8 Å². The number of azo groups is 1. The standard InChI is InChI=1S/C23H19N3O3S/c1-15-6-8-16(9-7-15)17-10-12-18(13-11-17)25-26-21-14-22(30(27,28)29)19-4-2-3-5-20(19)23(21)24/h2-14H,24H2,1H3,(H,27,28,29). The summed E-state index contributed by atoms with van der Waals surface area (Å²) in [7, 11) is -4.45. The largest absolute Gasteiger partial charge is 0.396 e. The lowest BCUT2D eigenvalue weighted by Gasteiger charge is -2.09. The summed E-state index contributed by atoms with van der Waals surface area (Å²) in [5.74, 6) is 0. The fourth-order valence-electron chi connectivity index (χ4n) is 3.22. The average molecular weight is 417 g/mol. The molecule has 0 saturated carbocycles. The molecule has 4 aromatic rings. The molecule has 0 unspecified atom stereocenters. The summed E-state index contributed by atoms with van der Waals surface area (Å²) in [6, 6.07) is 23.6. The molecule has 6 nitrogen and oxygen atoms in total. The van der Waals surface area contributed by atoms with E-state index in [9.17, 15) is 13.0 Å². The molecule has 0 aromatic heterocycles. The highest BCUT2D eigenvalue weighted by molar-refractivity contribution is 7.86. The molecule has 0 spiro atoms. The minimum absolute atomic E-state index is 0.170. The second-order valence-corrected chi connectivity index (χ2v) is 8.33. The van der Waals surface area contributed by atoms with Crippen LogP contribution in [-0.2, 0) is 10.1 Å². The van der Waals surface area contributed by atoms with Crippen molar-refractivity contribution in [3.8, 4) is 11.1 Å². The van der Waals surface area contributed by atoms with Crippen molar-refractivity contribution in [1.29, 1.82) is 0 Å². The number of hydrogen-bond acceptors (Lipinski definition) is 5. The first kappa shape index (κ1) is 19.8. The number of benzene rings is 4. The SMILES string of the molecule is Cc1ccc(-c2ccc(N=Nc3cc(S(=O)(=O)O)c4ccccc4c3N)cc2)cc1. The van der Waals surface area contributed by atoms with Gasteiger partial charge in [-0.15, -0.1) is 5.11 Å². The first-order chi connectivity index (χ1) is 14.3. The number of aryl methyl sites for hydroxylation is 1. The van der Waals surface area contributed by atoms with Crippen LogP contribution in [0.5, 0.6) is 0 Å². The van der Waals surface area contributed by atoms with Gasteiger partial charge in [0.05, 0.1) is 11.4 Å². The summed E-state index contributed by atoms with van der Waals surface area (Å²) in [4.78, 5) is -0.254. The summed E-state index contributed by atoms with van der Waals surface area (Å²) >= 11 is 0. The highest BCUT2D eigenvalue weighted by Crippen LogP contribution is 2.36. The van der Waals surface area contributed by atoms with Crippen LogP contribution in [0.3, 0.4) is 0 Å². The summed E-state index contributed by atoms with van der Waals surface area (Å²) in [5.41, 5.74) is 10.6. The van der Waals surface area contributed by atoms with Gasteiger partial charge in [-0.25, -0.2) is 0 Å². The monoisotopic (exact) mass is 417 g/mol. The van der Waals surface area contributed by atoms with Gasteiger partial charge in [-0.1, -0.05) is 66.2 Å². The predicted molar refractivity (Wildman–Crippen MR) is 119 cm³/mol. The van der Waals surface area contributed by atoms with Gasteiger partial charge < -0.3 is 5.73 Å². The zero-order chi connectivity index (χ0) is 21.3. The Kier molecular flexibility index (Phi) is 5.07. The van der Waals surface area contributed by atoms with E-state index < -0.39 is 10.1 Å². The molecule has 0 fully saturated rings. The van der Waals surface area contributed by atoms with Gasteiger partial charge in [0.2, 0.25) is 0 Å². The van der Waals surface area contributed by atoms with E-state index in [4.69, 9.17) is 5.73 Å². The van der Waals surface area contributed by atoms with Crippen molar-refractivity contribution in [3.63, 3.8) is 0 Å². The van der Waals surface area contributed by atoms with E-state index in [2.05, 4.69) is 34.5 Å². The molecular weight excluding hydrogens is 398 g/mol. The molecule has 0 aliphatic carbocycles. The van der Waals surface area contributed by atoms with Crippen molar-refractivity contribution in [1.82, 2.24) is 0 Å². The molecule has 0 atom stereocenters. The van der Waals surface area contributed by atoms with E-state index in [0.29, 0.717) is 16.5 Å². The Morgan fingerprint density at radius 2 is 1.37 bits per heavy atom. The van der Waals surface area contributed by atoms with Crippen LogP contribution in [0.1, 0.15) is 5.56 Å². The van der Waals surface area contributed by atoms with Gasteiger partial charge in [0.15, 0.2) is 0 Å². The number of anilines is 1. The average Bonchev–Trinajstić information content (AvgIpc) is 2.73. The van der Waals surface area contributed by atoms with Crippen LogP contribution < -0.4 is 5.73 Å². The number of nitrogens with two attached hydrogens (primary N) is 1. The number of fused-ring (bicyclic) bond motifs is 1. The molecule has 0 amide bonds. The first-order valence-electron chi connectivity index (χ1n) is 9.20. The van der Waals surface area contributed by atoms with Crippen LogP contribution in [0.4, 0.5) is 17.1 Å². The van der Waals surface area contributed by atoms with E-state index in [1.807, 2.05) is 31.2 Å². The number of hydrogen-bond donors (Lipinski definition) is 2. The number of nitrogen functional groups attached to an aromatic ring is 1. The Hall–Kier alpha value is -3.55. The zero-order valence-electron chi connectivity index (χ0n) is 16.1. The van der Waals surface area contributed by atoms with Gasteiger partial charge in [-0.05, 0) is 36.2 Å². The first-order valence-corrected chi connectivity index (χ1v) is 10.6. The molecular formula is C23H19N3O3S. The van der Waals surface area contributed by atoms with Crippen molar-refractivity contribution < 1.29 is 13.0 Å². The maximum absolute atomic E-state index is 11.8. The maximum Gasteiger partial charge on any atom is 0.295 e. The van der Waals surface area contributed by atoms with Crippen molar-refractivity contribution in [2.75, 3.05) is 5.73 Å². The second kappa shape index (κ2) is 7.70. The lowest BCUT2D eigenvalue weighted by atomic mass is 10.0. The van der Waals surface area contributed by atoms with Gasteiger partial charge in [0.25, 0.3) is 10.1 Å². The molecule has 0 aliphatic heterocycles. The number of nitrogens with zero attached hydrogens (tertiary/aromatic N) is 2. The van der Waals surface area contributed by atoms with Gasteiger partial charge in [-0.3, -0.25) is 4.55 Å². The molecule has 0 radical (unpaired) electrons. The predicted octanol–water partition coefficient (Wildman–Crippen LogP) is 6.06. The Bertz CT molecular complexity index is 1360. The normalized spacial score (nSPS) is 11.9. The van der Waals surface area contributed by atoms with E-state index in [1.54, 1.807) is 24.3 Å².